The quantitative estimate of drug-likeness (QED) is 0.854. The monoisotopic (exact) mass is 294 g/mol. The lowest BCUT2D eigenvalue weighted by molar-refractivity contribution is 0.685. The Kier molecular flexibility index (Phi) is 3.27. The molecular formula is C10H7BrN4S. The van der Waals surface area contributed by atoms with Crippen LogP contribution < -0.4 is 0 Å². The Labute approximate surface area is 105 Å². The van der Waals surface area contributed by atoms with E-state index in [1.807, 2.05) is 25.2 Å². The Balaban J connectivity index is 2.40. The lowest BCUT2D eigenvalue weighted by Crippen LogP contribution is -1.93. The number of nitrogens with zero attached hydrogens (tertiary/aromatic N) is 4. The molecule has 0 atom stereocenters. The van der Waals surface area contributed by atoms with Crippen molar-refractivity contribution < 1.29 is 0 Å². The van der Waals surface area contributed by atoms with Crippen LogP contribution in [0.5, 0.6) is 0 Å². The Morgan fingerprint density at radius 1 is 1.50 bits per heavy atom. The van der Waals surface area contributed by atoms with Crippen LogP contribution >= 0.6 is 27.7 Å². The lowest BCUT2D eigenvalue weighted by Gasteiger charge is -2.03. The molecule has 2 rings (SSSR count). The maximum Gasteiger partial charge on any atom is 0.190 e. The first kappa shape index (κ1) is 11.2. The summed E-state index contributed by atoms with van der Waals surface area (Å²) in [6.45, 7) is 0. The van der Waals surface area contributed by atoms with Gasteiger partial charge >= 0.3 is 0 Å². The average molecular weight is 295 g/mol. The van der Waals surface area contributed by atoms with Gasteiger partial charge in [0.15, 0.2) is 5.16 Å². The zero-order valence-electron chi connectivity index (χ0n) is 8.38. The summed E-state index contributed by atoms with van der Waals surface area (Å²) in [5.74, 6) is 0. The number of benzene rings is 1. The summed E-state index contributed by atoms with van der Waals surface area (Å²) in [7, 11) is 1.82. The van der Waals surface area contributed by atoms with E-state index in [0.717, 1.165) is 14.5 Å². The van der Waals surface area contributed by atoms with Crippen molar-refractivity contribution >= 4 is 27.7 Å². The molecule has 1 aromatic heterocycles. The Morgan fingerprint density at radius 2 is 2.31 bits per heavy atom. The molecule has 0 saturated carbocycles. The predicted molar refractivity (Wildman–Crippen MR) is 64.0 cm³/mol. The van der Waals surface area contributed by atoms with E-state index in [-0.39, 0.29) is 0 Å². The van der Waals surface area contributed by atoms with Crippen LogP contribution in [0.2, 0.25) is 0 Å². The normalized spacial score (nSPS) is 10.1. The molecule has 1 heterocycles. The van der Waals surface area contributed by atoms with E-state index in [2.05, 4.69) is 32.1 Å². The molecule has 0 radical (unpaired) electrons. The summed E-state index contributed by atoms with van der Waals surface area (Å²) in [5, 5.41) is 13.8. The van der Waals surface area contributed by atoms with Crippen LogP contribution in [-0.2, 0) is 7.05 Å². The second kappa shape index (κ2) is 4.68. The number of nitriles is 1. The van der Waals surface area contributed by atoms with Gasteiger partial charge < -0.3 is 0 Å². The van der Waals surface area contributed by atoms with E-state index in [9.17, 15) is 0 Å². The Hall–Kier alpha value is -1.32. The van der Waals surface area contributed by atoms with Crippen molar-refractivity contribution in [3.05, 3.63) is 34.6 Å². The first-order valence-electron chi connectivity index (χ1n) is 4.43. The summed E-state index contributed by atoms with van der Waals surface area (Å²) in [4.78, 5) is 4.97. The van der Waals surface area contributed by atoms with Gasteiger partial charge in [-0.1, -0.05) is 6.07 Å². The highest BCUT2D eigenvalue weighted by atomic mass is 79.9. The molecule has 0 spiro atoms. The number of aryl methyl sites for hydroxylation is 1. The fraction of sp³-hybridized carbons (Fsp3) is 0.100. The number of hydrogen-bond acceptors (Lipinski definition) is 4. The summed E-state index contributed by atoms with van der Waals surface area (Å²) < 4.78 is 2.47. The van der Waals surface area contributed by atoms with Crippen LogP contribution in [0.1, 0.15) is 5.56 Å². The smallest absolute Gasteiger partial charge is 0.190 e. The zero-order chi connectivity index (χ0) is 11.5. The lowest BCUT2D eigenvalue weighted by atomic mass is 10.2. The van der Waals surface area contributed by atoms with Crippen molar-refractivity contribution in [3.63, 3.8) is 0 Å². The summed E-state index contributed by atoms with van der Waals surface area (Å²) in [6, 6.07) is 7.80. The molecule has 0 aliphatic heterocycles. The van der Waals surface area contributed by atoms with Gasteiger partial charge in [0.2, 0.25) is 0 Å². The van der Waals surface area contributed by atoms with Gasteiger partial charge in [-0.3, -0.25) is 0 Å². The number of rotatable bonds is 2. The molecule has 80 valence electrons. The molecule has 0 fully saturated rings. The third kappa shape index (κ3) is 2.10. The van der Waals surface area contributed by atoms with Crippen LogP contribution in [0.15, 0.2) is 39.1 Å². The van der Waals surface area contributed by atoms with Crippen molar-refractivity contribution in [1.82, 2.24) is 14.8 Å². The SMILES string of the molecule is Cn1ncnc1Sc1cccc(Br)c1C#N. The van der Waals surface area contributed by atoms with Gasteiger partial charge in [-0.05, 0) is 39.8 Å². The molecule has 2 aromatic rings. The highest BCUT2D eigenvalue weighted by molar-refractivity contribution is 9.10. The summed E-state index contributed by atoms with van der Waals surface area (Å²) in [5.41, 5.74) is 0.621. The summed E-state index contributed by atoms with van der Waals surface area (Å²) in [6.07, 6.45) is 1.49. The third-order valence-corrected chi connectivity index (χ3v) is 3.73. The van der Waals surface area contributed by atoms with Crippen LogP contribution in [0.4, 0.5) is 0 Å². The van der Waals surface area contributed by atoms with Crippen molar-refractivity contribution in [2.75, 3.05) is 0 Å². The van der Waals surface area contributed by atoms with E-state index >= 15 is 0 Å². The molecule has 0 amide bonds. The van der Waals surface area contributed by atoms with Crippen molar-refractivity contribution in [1.29, 1.82) is 5.26 Å². The van der Waals surface area contributed by atoms with Gasteiger partial charge in [-0.25, -0.2) is 9.67 Å². The number of aromatic nitrogens is 3. The zero-order valence-corrected chi connectivity index (χ0v) is 10.8. The van der Waals surface area contributed by atoms with Crippen LogP contribution in [0.25, 0.3) is 0 Å². The topological polar surface area (TPSA) is 54.5 Å². The largest absolute Gasteiger partial charge is 0.244 e. The fourth-order valence-corrected chi connectivity index (χ4v) is 2.64. The van der Waals surface area contributed by atoms with Gasteiger partial charge in [-0.2, -0.15) is 10.4 Å². The minimum atomic E-state index is 0.621. The second-order valence-electron chi connectivity index (χ2n) is 2.99. The molecule has 0 aliphatic rings. The van der Waals surface area contributed by atoms with Gasteiger partial charge in [0.1, 0.15) is 12.4 Å². The standard InChI is InChI=1S/C10H7BrN4S/c1-15-10(13-6-14-15)16-9-4-2-3-8(11)7(9)5-12/h2-4,6H,1H3. The number of halogens is 1. The third-order valence-electron chi connectivity index (χ3n) is 1.96. The molecule has 0 N–H and O–H groups in total. The molecule has 0 saturated heterocycles. The highest BCUT2D eigenvalue weighted by Crippen LogP contribution is 2.31. The maximum atomic E-state index is 9.06. The molecule has 4 nitrogen and oxygen atoms in total. The van der Waals surface area contributed by atoms with E-state index in [4.69, 9.17) is 5.26 Å². The van der Waals surface area contributed by atoms with Crippen molar-refractivity contribution in [2.45, 2.75) is 10.1 Å². The van der Waals surface area contributed by atoms with E-state index in [0.29, 0.717) is 5.56 Å². The summed E-state index contributed by atoms with van der Waals surface area (Å²) >= 11 is 4.77. The minimum Gasteiger partial charge on any atom is -0.244 e. The molecule has 16 heavy (non-hydrogen) atoms. The van der Waals surface area contributed by atoms with Crippen LogP contribution in [0, 0.1) is 11.3 Å². The highest BCUT2D eigenvalue weighted by Gasteiger charge is 2.10. The predicted octanol–water partition coefficient (Wildman–Crippen LogP) is 2.60. The van der Waals surface area contributed by atoms with Gasteiger partial charge in [0.25, 0.3) is 0 Å². The maximum absolute atomic E-state index is 9.06. The molecule has 0 aliphatic carbocycles. The minimum absolute atomic E-state index is 0.621. The van der Waals surface area contributed by atoms with E-state index in [1.54, 1.807) is 4.68 Å². The van der Waals surface area contributed by atoms with Crippen LogP contribution in [-0.4, -0.2) is 14.8 Å². The number of hydrogen-bond donors (Lipinski definition) is 0. The van der Waals surface area contributed by atoms with Crippen molar-refractivity contribution in [3.8, 4) is 6.07 Å². The Morgan fingerprint density at radius 3 is 2.94 bits per heavy atom. The first-order chi connectivity index (χ1) is 7.72. The van der Waals surface area contributed by atoms with Crippen LogP contribution in [0.3, 0.4) is 0 Å². The molecule has 6 heteroatoms. The molecular weight excluding hydrogens is 288 g/mol. The second-order valence-corrected chi connectivity index (χ2v) is 4.86. The van der Waals surface area contributed by atoms with Gasteiger partial charge in [0.05, 0.1) is 5.56 Å². The molecule has 1 aromatic carbocycles. The molecule has 0 unspecified atom stereocenters. The first-order valence-corrected chi connectivity index (χ1v) is 6.04. The Bertz CT molecular complexity index is 558. The van der Waals surface area contributed by atoms with E-state index < -0.39 is 0 Å². The van der Waals surface area contributed by atoms with E-state index in [1.165, 1.54) is 18.1 Å². The average Bonchev–Trinajstić information content (AvgIpc) is 2.65. The van der Waals surface area contributed by atoms with Crippen molar-refractivity contribution in [2.24, 2.45) is 7.05 Å². The van der Waals surface area contributed by atoms with Gasteiger partial charge in [-0.15, -0.1) is 0 Å². The fourth-order valence-electron chi connectivity index (χ4n) is 1.17. The molecule has 0 bridgehead atoms. The van der Waals surface area contributed by atoms with Gasteiger partial charge in [0, 0.05) is 16.4 Å².